The van der Waals surface area contributed by atoms with Gasteiger partial charge in [-0.25, -0.2) is 4.98 Å². The molecule has 2 N–H and O–H groups in total. The first kappa shape index (κ1) is 23.7. The van der Waals surface area contributed by atoms with Crippen LogP contribution in [0.2, 0.25) is 0 Å². The molecular weight excluding hydrogens is 458 g/mol. The maximum Gasteiger partial charge on any atom is 0.228 e. The molecule has 1 aliphatic heterocycles. The standard InChI is InChI=1S/C26H31N7O3/c1-16(2)33-15-20-23(25(33)35)29-26(32-12-10-31(11-13-32)17(3)34)30-24(20)28-14-18-7-8-21(36-4)22-19(18)6-5-9-27-22/h5-9,15-16,35H,10-14H2,1-4H3,(H,28,29,30). The van der Waals surface area contributed by atoms with E-state index >= 15 is 0 Å². The Balaban J connectivity index is 1.52. The lowest BCUT2D eigenvalue weighted by atomic mass is 10.1. The Morgan fingerprint density at radius 2 is 1.89 bits per heavy atom. The summed E-state index contributed by atoms with van der Waals surface area (Å²) in [5.41, 5.74) is 2.36. The highest BCUT2D eigenvalue weighted by molar-refractivity contribution is 5.94. The molecular formula is C26H31N7O3. The predicted octanol–water partition coefficient (Wildman–Crippen LogP) is 3.56. The molecule has 1 amide bonds. The van der Waals surface area contributed by atoms with Crippen LogP contribution >= 0.6 is 0 Å². The molecule has 10 heteroatoms. The zero-order valence-corrected chi connectivity index (χ0v) is 21.0. The molecule has 0 saturated carbocycles. The molecule has 36 heavy (non-hydrogen) atoms. The maximum atomic E-state index is 11.8. The second-order valence-electron chi connectivity index (χ2n) is 9.26. The normalized spacial score (nSPS) is 14.1. The molecule has 5 rings (SSSR count). The van der Waals surface area contributed by atoms with Crippen LogP contribution in [-0.2, 0) is 11.3 Å². The topological polar surface area (TPSA) is 109 Å². The second-order valence-corrected chi connectivity index (χ2v) is 9.26. The third-order valence-corrected chi connectivity index (χ3v) is 6.71. The number of carbonyl (C=O) groups excluding carboxylic acids is 1. The summed E-state index contributed by atoms with van der Waals surface area (Å²) in [7, 11) is 1.64. The molecule has 10 nitrogen and oxygen atoms in total. The molecule has 0 bridgehead atoms. The summed E-state index contributed by atoms with van der Waals surface area (Å²) < 4.78 is 7.28. The van der Waals surface area contributed by atoms with E-state index in [0.29, 0.717) is 50.0 Å². The predicted molar refractivity (Wildman–Crippen MR) is 140 cm³/mol. The number of methoxy groups -OCH3 is 1. The number of hydrogen-bond donors (Lipinski definition) is 2. The number of amides is 1. The molecule has 0 radical (unpaired) electrons. The smallest absolute Gasteiger partial charge is 0.228 e. The fourth-order valence-corrected chi connectivity index (χ4v) is 4.67. The van der Waals surface area contributed by atoms with Crippen LogP contribution in [0.25, 0.3) is 21.8 Å². The van der Waals surface area contributed by atoms with Crippen LogP contribution in [-0.4, -0.2) is 68.7 Å². The lowest BCUT2D eigenvalue weighted by molar-refractivity contribution is -0.129. The quantitative estimate of drug-likeness (QED) is 0.423. The van der Waals surface area contributed by atoms with Gasteiger partial charge < -0.3 is 29.5 Å². The Kier molecular flexibility index (Phi) is 6.26. The Labute approximate surface area is 209 Å². The Bertz CT molecular complexity index is 1420. The van der Waals surface area contributed by atoms with Crippen molar-refractivity contribution in [3.63, 3.8) is 0 Å². The molecule has 0 aliphatic carbocycles. The van der Waals surface area contributed by atoms with E-state index in [9.17, 15) is 9.90 Å². The first-order valence-corrected chi connectivity index (χ1v) is 12.1. The number of pyridine rings is 1. The van der Waals surface area contributed by atoms with Crippen molar-refractivity contribution in [2.24, 2.45) is 0 Å². The van der Waals surface area contributed by atoms with Gasteiger partial charge in [-0.3, -0.25) is 9.78 Å². The van der Waals surface area contributed by atoms with Gasteiger partial charge in [0.05, 0.1) is 12.5 Å². The van der Waals surface area contributed by atoms with Gasteiger partial charge in [0.25, 0.3) is 0 Å². The minimum atomic E-state index is 0.0613. The van der Waals surface area contributed by atoms with Gasteiger partial charge in [-0.2, -0.15) is 4.98 Å². The van der Waals surface area contributed by atoms with Crippen molar-refractivity contribution in [3.8, 4) is 11.6 Å². The Morgan fingerprint density at radius 1 is 1.11 bits per heavy atom. The van der Waals surface area contributed by atoms with Crippen molar-refractivity contribution in [3.05, 3.63) is 42.2 Å². The molecule has 0 spiro atoms. The Morgan fingerprint density at radius 3 is 2.58 bits per heavy atom. The molecule has 4 heterocycles. The number of anilines is 2. The zero-order valence-electron chi connectivity index (χ0n) is 21.0. The average Bonchev–Trinajstić information content (AvgIpc) is 3.23. The van der Waals surface area contributed by atoms with Gasteiger partial charge in [-0.05, 0) is 31.5 Å². The molecule has 0 unspecified atom stereocenters. The van der Waals surface area contributed by atoms with Gasteiger partial charge in [-0.15, -0.1) is 0 Å². The lowest BCUT2D eigenvalue weighted by Gasteiger charge is -2.34. The molecule has 1 saturated heterocycles. The molecule has 1 aliphatic rings. The van der Waals surface area contributed by atoms with Crippen LogP contribution in [0.15, 0.2) is 36.7 Å². The van der Waals surface area contributed by atoms with Crippen LogP contribution in [0.4, 0.5) is 11.8 Å². The van der Waals surface area contributed by atoms with Crippen molar-refractivity contribution < 1.29 is 14.6 Å². The highest BCUT2D eigenvalue weighted by atomic mass is 16.5. The van der Waals surface area contributed by atoms with Crippen LogP contribution < -0.4 is 15.0 Å². The number of nitrogens with zero attached hydrogens (tertiary/aromatic N) is 6. The fraction of sp³-hybridized carbons (Fsp3) is 0.385. The van der Waals surface area contributed by atoms with E-state index in [-0.39, 0.29) is 17.8 Å². The van der Waals surface area contributed by atoms with Crippen molar-refractivity contribution >= 4 is 39.5 Å². The molecule has 1 fully saturated rings. The third kappa shape index (κ3) is 4.23. The average molecular weight is 490 g/mol. The number of nitrogens with one attached hydrogen (secondary N) is 1. The number of benzene rings is 1. The first-order valence-electron chi connectivity index (χ1n) is 12.1. The summed E-state index contributed by atoms with van der Waals surface area (Å²) in [4.78, 5) is 29.7. The fourth-order valence-electron chi connectivity index (χ4n) is 4.67. The van der Waals surface area contributed by atoms with Gasteiger partial charge in [0, 0.05) is 63.5 Å². The lowest BCUT2D eigenvalue weighted by Crippen LogP contribution is -2.48. The van der Waals surface area contributed by atoms with Gasteiger partial charge in [0.1, 0.15) is 22.6 Å². The van der Waals surface area contributed by atoms with E-state index < -0.39 is 0 Å². The number of carbonyl (C=O) groups is 1. The van der Waals surface area contributed by atoms with Gasteiger partial charge >= 0.3 is 0 Å². The minimum Gasteiger partial charge on any atom is -0.494 e. The summed E-state index contributed by atoms with van der Waals surface area (Å²) >= 11 is 0. The summed E-state index contributed by atoms with van der Waals surface area (Å²) in [5, 5.41) is 16.2. The zero-order chi connectivity index (χ0) is 25.4. The molecule has 188 valence electrons. The summed E-state index contributed by atoms with van der Waals surface area (Å²) in [5.74, 6) is 2.09. The van der Waals surface area contributed by atoms with Crippen LogP contribution in [0, 0.1) is 0 Å². The number of hydrogen-bond acceptors (Lipinski definition) is 8. The SMILES string of the molecule is COc1ccc(CNc2nc(N3CCN(C(C)=O)CC3)nc3c(O)n(C(C)C)cc23)c2cccnc12. The van der Waals surface area contributed by atoms with Gasteiger partial charge in [0.2, 0.25) is 17.7 Å². The van der Waals surface area contributed by atoms with Gasteiger partial charge in [0.15, 0.2) is 0 Å². The second kappa shape index (κ2) is 9.52. The van der Waals surface area contributed by atoms with E-state index in [0.717, 1.165) is 27.6 Å². The summed E-state index contributed by atoms with van der Waals surface area (Å²) in [6, 6.07) is 7.94. The van der Waals surface area contributed by atoms with E-state index in [1.807, 2.05) is 49.2 Å². The van der Waals surface area contributed by atoms with Crippen LogP contribution in [0.1, 0.15) is 32.4 Å². The van der Waals surface area contributed by atoms with Crippen LogP contribution in [0.5, 0.6) is 11.6 Å². The molecule has 1 aromatic carbocycles. The van der Waals surface area contributed by atoms with Gasteiger partial charge in [-0.1, -0.05) is 12.1 Å². The minimum absolute atomic E-state index is 0.0613. The van der Waals surface area contributed by atoms with Crippen LogP contribution in [0.3, 0.4) is 0 Å². The first-order chi connectivity index (χ1) is 17.4. The Hall–Kier alpha value is -4.08. The largest absolute Gasteiger partial charge is 0.494 e. The number of piperazine rings is 1. The van der Waals surface area contributed by atoms with Crippen molar-refractivity contribution in [1.29, 1.82) is 0 Å². The molecule has 4 aromatic rings. The van der Waals surface area contributed by atoms with Crippen molar-refractivity contribution in [1.82, 2.24) is 24.4 Å². The third-order valence-electron chi connectivity index (χ3n) is 6.71. The van der Waals surface area contributed by atoms with E-state index in [1.165, 1.54) is 0 Å². The van der Waals surface area contributed by atoms with Crippen molar-refractivity contribution in [2.75, 3.05) is 43.5 Å². The summed E-state index contributed by atoms with van der Waals surface area (Å²) in [6.45, 7) is 8.60. The van der Waals surface area contributed by atoms with Crippen molar-refractivity contribution in [2.45, 2.75) is 33.4 Å². The van der Waals surface area contributed by atoms with E-state index in [2.05, 4.69) is 15.2 Å². The number of aromatic nitrogens is 4. The molecule has 0 atom stereocenters. The highest BCUT2D eigenvalue weighted by Crippen LogP contribution is 2.35. The number of fused-ring (bicyclic) bond motifs is 2. The summed E-state index contributed by atoms with van der Waals surface area (Å²) in [6.07, 6.45) is 3.65. The monoisotopic (exact) mass is 489 g/mol. The van der Waals surface area contributed by atoms with E-state index in [1.54, 1.807) is 24.8 Å². The number of ether oxygens (including phenoxy) is 1. The highest BCUT2D eigenvalue weighted by Gasteiger charge is 2.24. The number of aromatic hydroxyl groups is 1. The number of rotatable bonds is 6. The maximum absolute atomic E-state index is 11.8. The van der Waals surface area contributed by atoms with E-state index in [4.69, 9.17) is 14.7 Å². The molecule has 3 aromatic heterocycles.